The standard InChI is InChI=1S/C15H24N2O2/c1-3-4-8-19-15(18)11-17-9-12-6-5-7-14(16-2)13(12)10-17/h9-10,14,16H,3-8,11H2,1-2H3. The first kappa shape index (κ1) is 14.1. The fraction of sp³-hybridized carbons (Fsp3) is 0.667. The van der Waals surface area contributed by atoms with Crippen LogP contribution < -0.4 is 5.32 Å². The molecule has 1 aromatic heterocycles. The van der Waals surface area contributed by atoms with Gasteiger partial charge in [0.2, 0.25) is 0 Å². The van der Waals surface area contributed by atoms with Gasteiger partial charge in [0.25, 0.3) is 0 Å². The van der Waals surface area contributed by atoms with Gasteiger partial charge in [-0.2, -0.15) is 0 Å². The van der Waals surface area contributed by atoms with Crippen LogP contribution in [0.25, 0.3) is 0 Å². The number of ether oxygens (including phenoxy) is 1. The molecule has 1 N–H and O–H groups in total. The molecule has 0 radical (unpaired) electrons. The molecule has 1 aliphatic rings. The van der Waals surface area contributed by atoms with Gasteiger partial charge in [-0.3, -0.25) is 4.79 Å². The minimum Gasteiger partial charge on any atom is -0.464 e. The molecule has 4 heteroatoms. The number of nitrogens with one attached hydrogen (secondary N) is 1. The van der Waals surface area contributed by atoms with Crippen LogP contribution in [-0.2, 0) is 22.5 Å². The van der Waals surface area contributed by atoms with Crippen molar-refractivity contribution in [3.05, 3.63) is 23.5 Å². The average molecular weight is 264 g/mol. The fourth-order valence-electron chi connectivity index (χ4n) is 2.66. The van der Waals surface area contributed by atoms with Gasteiger partial charge in [0.15, 0.2) is 0 Å². The van der Waals surface area contributed by atoms with E-state index in [0.717, 1.165) is 19.3 Å². The summed E-state index contributed by atoms with van der Waals surface area (Å²) in [7, 11) is 2.00. The van der Waals surface area contributed by atoms with Gasteiger partial charge in [0.1, 0.15) is 6.54 Å². The van der Waals surface area contributed by atoms with Gasteiger partial charge >= 0.3 is 5.97 Å². The molecular formula is C15H24N2O2. The summed E-state index contributed by atoms with van der Waals surface area (Å²) in [5, 5.41) is 3.34. The summed E-state index contributed by atoms with van der Waals surface area (Å²) in [5.41, 5.74) is 2.71. The Kier molecular flexibility index (Phi) is 5.02. The largest absolute Gasteiger partial charge is 0.464 e. The van der Waals surface area contributed by atoms with Gasteiger partial charge in [0, 0.05) is 18.4 Å². The number of aromatic nitrogens is 1. The van der Waals surface area contributed by atoms with Crippen LogP contribution in [0.15, 0.2) is 12.4 Å². The van der Waals surface area contributed by atoms with Crippen LogP contribution >= 0.6 is 0 Å². The number of rotatable bonds is 6. The molecule has 1 unspecified atom stereocenters. The smallest absolute Gasteiger partial charge is 0.325 e. The first-order valence-corrected chi connectivity index (χ1v) is 7.26. The zero-order valence-corrected chi connectivity index (χ0v) is 11.9. The zero-order chi connectivity index (χ0) is 13.7. The van der Waals surface area contributed by atoms with Crippen molar-refractivity contribution in [2.24, 2.45) is 0 Å². The summed E-state index contributed by atoms with van der Waals surface area (Å²) < 4.78 is 7.16. The van der Waals surface area contributed by atoms with E-state index < -0.39 is 0 Å². The molecule has 4 nitrogen and oxygen atoms in total. The van der Waals surface area contributed by atoms with Gasteiger partial charge in [-0.15, -0.1) is 0 Å². The van der Waals surface area contributed by atoms with E-state index in [1.54, 1.807) is 0 Å². The maximum Gasteiger partial charge on any atom is 0.325 e. The average Bonchev–Trinajstić information content (AvgIpc) is 2.80. The number of esters is 1. The highest BCUT2D eigenvalue weighted by molar-refractivity contribution is 5.69. The quantitative estimate of drug-likeness (QED) is 0.634. The Balaban J connectivity index is 1.95. The lowest BCUT2D eigenvalue weighted by atomic mass is 9.91. The highest BCUT2D eigenvalue weighted by Crippen LogP contribution is 2.30. The minimum atomic E-state index is -0.137. The third-order valence-corrected chi connectivity index (χ3v) is 3.73. The van der Waals surface area contributed by atoms with E-state index in [0.29, 0.717) is 19.2 Å². The highest BCUT2D eigenvalue weighted by atomic mass is 16.5. The van der Waals surface area contributed by atoms with Crippen LogP contribution in [0.5, 0.6) is 0 Å². The lowest BCUT2D eigenvalue weighted by Crippen LogP contribution is -2.20. The van der Waals surface area contributed by atoms with E-state index in [1.165, 1.54) is 24.0 Å². The molecule has 2 rings (SSSR count). The highest BCUT2D eigenvalue weighted by Gasteiger charge is 2.21. The predicted octanol–water partition coefficient (Wildman–Crippen LogP) is 2.43. The molecule has 0 aliphatic heterocycles. The van der Waals surface area contributed by atoms with Gasteiger partial charge in [-0.05, 0) is 43.9 Å². The third-order valence-electron chi connectivity index (χ3n) is 3.73. The van der Waals surface area contributed by atoms with E-state index in [9.17, 15) is 4.79 Å². The number of aryl methyl sites for hydroxylation is 1. The summed E-state index contributed by atoms with van der Waals surface area (Å²) in [6, 6.07) is 0.432. The van der Waals surface area contributed by atoms with E-state index >= 15 is 0 Å². The first-order valence-electron chi connectivity index (χ1n) is 7.26. The molecule has 1 heterocycles. The molecule has 0 aromatic carbocycles. The molecule has 0 bridgehead atoms. The van der Waals surface area contributed by atoms with Crippen LogP contribution in [0, 0.1) is 0 Å². The van der Waals surface area contributed by atoms with Crippen molar-refractivity contribution in [1.29, 1.82) is 0 Å². The normalized spacial score (nSPS) is 18.1. The van der Waals surface area contributed by atoms with Crippen molar-refractivity contribution in [2.75, 3.05) is 13.7 Å². The predicted molar refractivity (Wildman–Crippen MR) is 75.0 cm³/mol. The minimum absolute atomic E-state index is 0.137. The second-order valence-corrected chi connectivity index (χ2v) is 5.22. The molecule has 1 aliphatic carbocycles. The van der Waals surface area contributed by atoms with Crippen LogP contribution in [0.4, 0.5) is 0 Å². The lowest BCUT2D eigenvalue weighted by molar-refractivity contribution is -0.144. The Labute approximate surface area is 115 Å². The molecule has 0 spiro atoms. The van der Waals surface area contributed by atoms with Crippen molar-refractivity contribution < 1.29 is 9.53 Å². The number of hydrogen-bond acceptors (Lipinski definition) is 3. The summed E-state index contributed by atoms with van der Waals surface area (Å²) in [4.78, 5) is 11.7. The number of carbonyl (C=O) groups is 1. The summed E-state index contributed by atoms with van der Waals surface area (Å²) in [6.45, 7) is 2.95. The lowest BCUT2D eigenvalue weighted by Gasteiger charge is -2.21. The molecular weight excluding hydrogens is 240 g/mol. The van der Waals surface area contributed by atoms with E-state index in [4.69, 9.17) is 4.74 Å². The molecule has 0 amide bonds. The fourth-order valence-corrected chi connectivity index (χ4v) is 2.66. The number of nitrogens with zero attached hydrogens (tertiary/aromatic N) is 1. The Morgan fingerprint density at radius 2 is 2.37 bits per heavy atom. The van der Waals surface area contributed by atoms with Gasteiger partial charge < -0.3 is 14.6 Å². The van der Waals surface area contributed by atoms with Crippen molar-refractivity contribution >= 4 is 5.97 Å². The first-order chi connectivity index (χ1) is 9.24. The molecule has 0 fully saturated rings. The number of fused-ring (bicyclic) bond motifs is 1. The second kappa shape index (κ2) is 6.75. The summed E-state index contributed by atoms with van der Waals surface area (Å²) in [6.07, 6.45) is 9.69. The SMILES string of the molecule is CCCCOC(=O)Cn1cc2c(c1)C(NC)CCC2. The Morgan fingerprint density at radius 1 is 1.53 bits per heavy atom. The maximum atomic E-state index is 11.7. The van der Waals surface area contributed by atoms with Crippen molar-refractivity contribution in [1.82, 2.24) is 9.88 Å². The van der Waals surface area contributed by atoms with Crippen molar-refractivity contribution in [2.45, 2.75) is 51.6 Å². The molecule has 106 valence electrons. The Bertz CT molecular complexity index is 426. The third kappa shape index (κ3) is 3.60. The summed E-state index contributed by atoms with van der Waals surface area (Å²) >= 11 is 0. The van der Waals surface area contributed by atoms with E-state index in [1.807, 2.05) is 11.6 Å². The number of hydrogen-bond donors (Lipinski definition) is 1. The van der Waals surface area contributed by atoms with Crippen LogP contribution in [0.1, 0.15) is 49.8 Å². The molecule has 0 saturated carbocycles. The van der Waals surface area contributed by atoms with E-state index in [2.05, 4.69) is 24.6 Å². The molecule has 0 saturated heterocycles. The van der Waals surface area contributed by atoms with Gasteiger partial charge in [-0.1, -0.05) is 13.3 Å². The molecule has 1 atom stereocenters. The maximum absolute atomic E-state index is 11.7. The van der Waals surface area contributed by atoms with Crippen LogP contribution in [0.3, 0.4) is 0 Å². The monoisotopic (exact) mass is 264 g/mol. The Morgan fingerprint density at radius 3 is 3.11 bits per heavy atom. The van der Waals surface area contributed by atoms with Gasteiger partial charge in [-0.25, -0.2) is 0 Å². The van der Waals surface area contributed by atoms with E-state index in [-0.39, 0.29) is 5.97 Å². The van der Waals surface area contributed by atoms with Crippen LogP contribution in [-0.4, -0.2) is 24.2 Å². The molecule has 19 heavy (non-hydrogen) atoms. The number of unbranched alkanes of at least 4 members (excludes halogenated alkanes) is 1. The topological polar surface area (TPSA) is 43.3 Å². The van der Waals surface area contributed by atoms with Crippen LogP contribution in [0.2, 0.25) is 0 Å². The Hall–Kier alpha value is -1.29. The van der Waals surface area contributed by atoms with Gasteiger partial charge in [0.05, 0.1) is 6.61 Å². The summed E-state index contributed by atoms with van der Waals surface area (Å²) in [5.74, 6) is -0.137. The molecule has 1 aromatic rings. The second-order valence-electron chi connectivity index (χ2n) is 5.22. The van der Waals surface area contributed by atoms with Crippen molar-refractivity contribution in [3.63, 3.8) is 0 Å². The zero-order valence-electron chi connectivity index (χ0n) is 11.9. The van der Waals surface area contributed by atoms with Crippen molar-refractivity contribution in [3.8, 4) is 0 Å². The number of carbonyl (C=O) groups excluding carboxylic acids is 1.